The lowest BCUT2D eigenvalue weighted by Gasteiger charge is -2.20. The molecule has 0 aliphatic rings. The number of carbonyl (C=O) groups excluding carboxylic acids is 2. The minimum absolute atomic E-state index is 0.165. The normalized spacial score (nSPS) is 11.1. The van der Waals surface area contributed by atoms with Crippen LogP contribution >= 0.6 is 11.3 Å². The summed E-state index contributed by atoms with van der Waals surface area (Å²) in [5.41, 5.74) is 3.70. The van der Waals surface area contributed by atoms with Crippen molar-refractivity contribution in [2.24, 2.45) is 0 Å². The molecule has 0 saturated carbocycles. The van der Waals surface area contributed by atoms with E-state index in [1.807, 2.05) is 57.3 Å². The summed E-state index contributed by atoms with van der Waals surface area (Å²) in [7, 11) is 0. The Kier molecular flexibility index (Phi) is 5.61. The van der Waals surface area contributed by atoms with E-state index in [-0.39, 0.29) is 17.4 Å². The molecule has 5 nitrogen and oxygen atoms in total. The molecule has 144 valence electrons. The Morgan fingerprint density at radius 3 is 2.14 bits per heavy atom. The second kappa shape index (κ2) is 7.94. The van der Waals surface area contributed by atoms with Crippen LogP contribution in [0.4, 0.5) is 5.13 Å². The van der Waals surface area contributed by atoms with E-state index in [1.165, 1.54) is 11.3 Å². The first-order valence-corrected chi connectivity index (χ1v) is 9.86. The van der Waals surface area contributed by atoms with Crippen LogP contribution < -0.4 is 10.6 Å². The first-order valence-electron chi connectivity index (χ1n) is 8.98. The molecule has 1 aromatic heterocycles. The first kappa shape index (κ1) is 19.8. The predicted octanol–water partition coefficient (Wildman–Crippen LogP) is 4.90. The largest absolute Gasteiger partial charge is 0.347 e. The Hall–Kier alpha value is -2.99. The van der Waals surface area contributed by atoms with Crippen LogP contribution in [0.1, 0.15) is 47.1 Å². The summed E-state index contributed by atoms with van der Waals surface area (Å²) in [5.74, 6) is -0.421. The second-order valence-corrected chi connectivity index (χ2v) is 8.45. The van der Waals surface area contributed by atoms with Crippen molar-refractivity contribution in [3.63, 3.8) is 0 Å². The fourth-order valence-electron chi connectivity index (χ4n) is 2.67. The molecule has 2 aromatic carbocycles. The molecule has 6 heteroatoms. The summed E-state index contributed by atoms with van der Waals surface area (Å²) >= 11 is 1.38. The molecule has 0 atom stereocenters. The van der Waals surface area contributed by atoms with Crippen molar-refractivity contribution in [1.82, 2.24) is 10.3 Å². The highest BCUT2D eigenvalue weighted by atomic mass is 32.1. The second-order valence-electron chi connectivity index (χ2n) is 7.59. The number of amides is 2. The smallest absolute Gasteiger partial charge is 0.257 e. The number of benzene rings is 2. The van der Waals surface area contributed by atoms with E-state index in [0.29, 0.717) is 16.3 Å². The van der Waals surface area contributed by atoms with E-state index in [0.717, 1.165) is 16.8 Å². The third kappa shape index (κ3) is 4.84. The van der Waals surface area contributed by atoms with E-state index >= 15 is 0 Å². The lowest BCUT2D eigenvalue weighted by atomic mass is 10.1. The quantitative estimate of drug-likeness (QED) is 0.662. The lowest BCUT2D eigenvalue weighted by molar-refractivity contribution is 0.0918. The van der Waals surface area contributed by atoms with Gasteiger partial charge in [-0.05, 0) is 57.5 Å². The molecule has 0 saturated heterocycles. The molecule has 3 rings (SSSR count). The van der Waals surface area contributed by atoms with Crippen LogP contribution in [0.3, 0.4) is 0 Å². The summed E-state index contributed by atoms with van der Waals surface area (Å²) in [6.07, 6.45) is 0. The molecule has 0 unspecified atom stereocenters. The molecule has 2 amide bonds. The number of carbonyl (C=O) groups is 2. The number of rotatable bonds is 4. The molecule has 28 heavy (non-hydrogen) atoms. The van der Waals surface area contributed by atoms with Gasteiger partial charge in [0.2, 0.25) is 0 Å². The summed E-state index contributed by atoms with van der Waals surface area (Å²) in [6.45, 7) is 7.80. The Bertz CT molecular complexity index is 1000. The van der Waals surface area contributed by atoms with Crippen molar-refractivity contribution in [2.45, 2.75) is 33.2 Å². The maximum Gasteiger partial charge on any atom is 0.257 e. The van der Waals surface area contributed by atoms with Gasteiger partial charge >= 0.3 is 0 Å². The van der Waals surface area contributed by atoms with Crippen LogP contribution in [-0.2, 0) is 0 Å². The van der Waals surface area contributed by atoms with Crippen molar-refractivity contribution in [3.8, 4) is 11.3 Å². The zero-order valence-corrected chi connectivity index (χ0v) is 17.2. The summed E-state index contributed by atoms with van der Waals surface area (Å²) in [4.78, 5) is 29.2. The molecule has 0 spiro atoms. The third-order valence-corrected chi connectivity index (χ3v) is 4.80. The minimum Gasteiger partial charge on any atom is -0.347 e. The van der Waals surface area contributed by atoms with E-state index < -0.39 is 0 Å². The van der Waals surface area contributed by atoms with Crippen molar-refractivity contribution < 1.29 is 9.59 Å². The van der Waals surface area contributed by atoms with Crippen LogP contribution in [0.5, 0.6) is 0 Å². The van der Waals surface area contributed by atoms with E-state index in [4.69, 9.17) is 0 Å². The maximum atomic E-state index is 12.5. The van der Waals surface area contributed by atoms with Gasteiger partial charge < -0.3 is 5.32 Å². The Balaban J connectivity index is 1.69. The van der Waals surface area contributed by atoms with Gasteiger partial charge in [-0.15, -0.1) is 11.3 Å². The van der Waals surface area contributed by atoms with Gasteiger partial charge in [0, 0.05) is 27.6 Å². The number of aryl methyl sites for hydroxylation is 1. The predicted molar refractivity (Wildman–Crippen MR) is 114 cm³/mol. The van der Waals surface area contributed by atoms with E-state index in [1.54, 1.807) is 24.3 Å². The average Bonchev–Trinajstić information content (AvgIpc) is 3.09. The maximum absolute atomic E-state index is 12.5. The van der Waals surface area contributed by atoms with Crippen LogP contribution in [0.15, 0.2) is 53.9 Å². The van der Waals surface area contributed by atoms with Crippen LogP contribution in [0.2, 0.25) is 0 Å². The van der Waals surface area contributed by atoms with Crippen LogP contribution in [0, 0.1) is 6.92 Å². The highest BCUT2D eigenvalue weighted by Crippen LogP contribution is 2.27. The molecule has 1 heterocycles. The minimum atomic E-state index is -0.313. The molecule has 2 N–H and O–H groups in total. The summed E-state index contributed by atoms with van der Waals surface area (Å²) in [6, 6.07) is 14.6. The average molecular weight is 394 g/mol. The zero-order valence-electron chi connectivity index (χ0n) is 16.4. The van der Waals surface area contributed by atoms with Gasteiger partial charge in [0.1, 0.15) is 0 Å². The first-order chi connectivity index (χ1) is 13.2. The van der Waals surface area contributed by atoms with Gasteiger partial charge in [-0.1, -0.05) is 24.3 Å². The van der Waals surface area contributed by atoms with Gasteiger partial charge in [0.05, 0.1) is 5.69 Å². The van der Waals surface area contributed by atoms with Crippen molar-refractivity contribution in [1.29, 1.82) is 0 Å². The van der Waals surface area contributed by atoms with Crippen LogP contribution in [0.25, 0.3) is 11.3 Å². The fraction of sp³-hybridized carbons (Fsp3) is 0.227. The Labute approximate surface area is 168 Å². The zero-order chi connectivity index (χ0) is 20.3. The number of hydrogen-bond donors (Lipinski definition) is 2. The molecule has 0 bridgehead atoms. The highest BCUT2D eigenvalue weighted by Gasteiger charge is 2.16. The Morgan fingerprint density at radius 2 is 1.54 bits per heavy atom. The van der Waals surface area contributed by atoms with Gasteiger partial charge in [-0.3, -0.25) is 14.9 Å². The van der Waals surface area contributed by atoms with Gasteiger partial charge in [-0.2, -0.15) is 0 Å². The number of hydrogen-bond acceptors (Lipinski definition) is 4. The monoisotopic (exact) mass is 393 g/mol. The highest BCUT2D eigenvalue weighted by molar-refractivity contribution is 7.14. The van der Waals surface area contributed by atoms with Crippen molar-refractivity contribution in [3.05, 3.63) is 70.6 Å². The molecule has 0 aliphatic carbocycles. The number of thiazole rings is 1. The van der Waals surface area contributed by atoms with Crippen molar-refractivity contribution in [2.75, 3.05) is 5.32 Å². The third-order valence-electron chi connectivity index (χ3n) is 4.04. The fourth-order valence-corrected chi connectivity index (χ4v) is 3.38. The van der Waals surface area contributed by atoms with E-state index in [2.05, 4.69) is 15.6 Å². The van der Waals surface area contributed by atoms with Gasteiger partial charge in [0.15, 0.2) is 5.13 Å². The molecular weight excluding hydrogens is 370 g/mol. The van der Waals surface area contributed by atoms with Gasteiger partial charge in [0.25, 0.3) is 11.8 Å². The number of nitrogens with zero attached hydrogens (tertiary/aromatic N) is 1. The standard InChI is InChI=1S/C22H23N3O2S/c1-14-7-5-6-8-17(14)18-13-28-21(23-18)24-19(26)15-9-11-16(12-10-15)20(27)25-22(2,3)4/h5-13H,1-4H3,(H,25,27)(H,23,24,26). The molecular formula is C22H23N3O2S. The SMILES string of the molecule is Cc1ccccc1-c1csc(NC(=O)c2ccc(C(=O)NC(C)(C)C)cc2)n1. The van der Waals surface area contributed by atoms with Crippen LogP contribution in [-0.4, -0.2) is 22.3 Å². The lowest BCUT2D eigenvalue weighted by Crippen LogP contribution is -2.40. The number of nitrogens with one attached hydrogen (secondary N) is 2. The molecule has 0 fully saturated rings. The summed E-state index contributed by atoms with van der Waals surface area (Å²) in [5, 5.41) is 8.19. The summed E-state index contributed by atoms with van der Waals surface area (Å²) < 4.78 is 0. The molecule has 0 radical (unpaired) electrons. The van der Waals surface area contributed by atoms with E-state index in [9.17, 15) is 9.59 Å². The number of anilines is 1. The topological polar surface area (TPSA) is 71.1 Å². The van der Waals surface area contributed by atoms with Gasteiger partial charge in [-0.25, -0.2) is 4.98 Å². The van der Waals surface area contributed by atoms with Crippen molar-refractivity contribution >= 4 is 28.3 Å². The Morgan fingerprint density at radius 1 is 0.929 bits per heavy atom. The molecule has 3 aromatic rings. The molecule has 0 aliphatic heterocycles. The number of aromatic nitrogens is 1.